The maximum absolute atomic E-state index is 12.1. The van der Waals surface area contributed by atoms with Crippen molar-refractivity contribution < 1.29 is 14.0 Å². The summed E-state index contributed by atoms with van der Waals surface area (Å²) in [5.41, 5.74) is -0.304. The molecular formula is C16H24N2O3. The summed E-state index contributed by atoms with van der Waals surface area (Å²) in [5.74, 6) is 1.03. The van der Waals surface area contributed by atoms with Crippen molar-refractivity contribution in [1.82, 2.24) is 10.2 Å². The van der Waals surface area contributed by atoms with E-state index < -0.39 is 0 Å². The van der Waals surface area contributed by atoms with Gasteiger partial charge in [-0.15, -0.1) is 0 Å². The van der Waals surface area contributed by atoms with Crippen molar-refractivity contribution in [3.63, 3.8) is 0 Å². The van der Waals surface area contributed by atoms with Crippen molar-refractivity contribution in [1.29, 1.82) is 0 Å². The van der Waals surface area contributed by atoms with E-state index in [0.29, 0.717) is 12.3 Å². The first-order valence-electron chi connectivity index (χ1n) is 7.05. The summed E-state index contributed by atoms with van der Waals surface area (Å²) in [4.78, 5) is 25.4. The Bertz CT molecular complexity index is 524. The molecule has 0 atom stereocenters. The molecule has 1 aromatic heterocycles. The van der Waals surface area contributed by atoms with Crippen LogP contribution in [0.3, 0.4) is 0 Å². The van der Waals surface area contributed by atoms with Gasteiger partial charge in [0.25, 0.3) is 0 Å². The van der Waals surface area contributed by atoms with Crippen LogP contribution in [0.1, 0.15) is 39.2 Å². The molecule has 0 fully saturated rings. The first-order valence-corrected chi connectivity index (χ1v) is 7.05. The lowest BCUT2D eigenvalue weighted by molar-refractivity contribution is -0.132. The number of nitrogens with zero attached hydrogens (tertiary/aromatic N) is 1. The Hall–Kier alpha value is -2.04. The van der Waals surface area contributed by atoms with Crippen LogP contribution in [-0.2, 0) is 9.59 Å². The lowest BCUT2D eigenvalue weighted by Gasteiger charge is -2.24. The van der Waals surface area contributed by atoms with Gasteiger partial charge >= 0.3 is 0 Å². The second-order valence-corrected chi connectivity index (χ2v) is 5.93. The summed E-state index contributed by atoms with van der Waals surface area (Å²) in [6.45, 7) is 9.92. The van der Waals surface area contributed by atoms with Crippen molar-refractivity contribution in [3.05, 3.63) is 29.7 Å². The number of furan rings is 1. The topological polar surface area (TPSA) is 62.6 Å². The van der Waals surface area contributed by atoms with Gasteiger partial charge in [0.05, 0.1) is 6.54 Å². The van der Waals surface area contributed by atoms with Crippen LogP contribution in [0.2, 0.25) is 0 Å². The Kier molecular flexibility index (Phi) is 5.76. The van der Waals surface area contributed by atoms with Crippen LogP contribution in [-0.4, -0.2) is 35.3 Å². The van der Waals surface area contributed by atoms with Crippen LogP contribution in [0, 0.1) is 6.92 Å². The lowest BCUT2D eigenvalue weighted by Crippen LogP contribution is -2.47. The third kappa shape index (κ3) is 6.29. The van der Waals surface area contributed by atoms with Gasteiger partial charge in [0.15, 0.2) is 0 Å². The minimum Gasteiger partial charge on any atom is -0.462 e. The number of rotatable bonds is 5. The molecule has 0 spiro atoms. The molecule has 0 aliphatic heterocycles. The first-order chi connectivity index (χ1) is 9.71. The van der Waals surface area contributed by atoms with E-state index in [2.05, 4.69) is 5.32 Å². The van der Waals surface area contributed by atoms with E-state index in [1.54, 1.807) is 12.1 Å². The van der Waals surface area contributed by atoms with E-state index in [9.17, 15) is 9.59 Å². The minimum atomic E-state index is -0.304. The van der Waals surface area contributed by atoms with Gasteiger partial charge in [0, 0.05) is 18.2 Å². The Morgan fingerprint density at radius 1 is 1.33 bits per heavy atom. The highest BCUT2D eigenvalue weighted by Gasteiger charge is 2.18. The molecule has 1 rings (SSSR count). The van der Waals surface area contributed by atoms with E-state index in [0.717, 1.165) is 5.76 Å². The van der Waals surface area contributed by atoms with Gasteiger partial charge in [-0.05, 0) is 52.8 Å². The molecule has 0 aromatic carbocycles. The summed E-state index contributed by atoms with van der Waals surface area (Å²) in [6.07, 6.45) is 3.03. The number of amides is 2. The second-order valence-electron chi connectivity index (χ2n) is 5.93. The highest BCUT2D eigenvalue weighted by Crippen LogP contribution is 2.08. The zero-order valence-corrected chi connectivity index (χ0v) is 13.4. The molecule has 1 N–H and O–H groups in total. The Labute approximate surface area is 126 Å². The summed E-state index contributed by atoms with van der Waals surface area (Å²) in [6, 6.07) is 3.63. The molecule has 0 aliphatic rings. The van der Waals surface area contributed by atoms with Crippen molar-refractivity contribution in [3.8, 4) is 0 Å². The van der Waals surface area contributed by atoms with Crippen LogP contribution in [0.4, 0.5) is 0 Å². The molecule has 1 heterocycles. The molecule has 0 saturated heterocycles. The third-order valence-electron chi connectivity index (χ3n) is 2.69. The van der Waals surface area contributed by atoms with Gasteiger partial charge in [-0.2, -0.15) is 0 Å². The van der Waals surface area contributed by atoms with Crippen molar-refractivity contribution in [2.75, 3.05) is 13.1 Å². The number of carbonyl (C=O) groups is 2. The van der Waals surface area contributed by atoms with Crippen LogP contribution in [0.15, 0.2) is 22.6 Å². The fourth-order valence-corrected chi connectivity index (χ4v) is 1.78. The number of nitrogens with one attached hydrogen (secondary N) is 1. The molecule has 116 valence electrons. The average Bonchev–Trinajstić information content (AvgIpc) is 2.76. The maximum atomic E-state index is 12.1. The fraction of sp³-hybridized carbons (Fsp3) is 0.500. The van der Waals surface area contributed by atoms with E-state index in [4.69, 9.17) is 4.42 Å². The molecule has 0 radical (unpaired) electrons. The predicted octanol–water partition coefficient (Wildman–Crippen LogP) is 2.36. The molecule has 0 saturated carbocycles. The van der Waals surface area contributed by atoms with E-state index in [1.165, 1.54) is 11.0 Å². The van der Waals surface area contributed by atoms with E-state index >= 15 is 0 Å². The third-order valence-corrected chi connectivity index (χ3v) is 2.69. The summed E-state index contributed by atoms with van der Waals surface area (Å²) in [7, 11) is 0. The monoisotopic (exact) mass is 292 g/mol. The van der Waals surface area contributed by atoms with Gasteiger partial charge in [0.2, 0.25) is 11.8 Å². The first kappa shape index (κ1) is 17.0. The molecule has 1 aromatic rings. The van der Waals surface area contributed by atoms with Gasteiger partial charge < -0.3 is 14.6 Å². The van der Waals surface area contributed by atoms with Crippen LogP contribution in [0.5, 0.6) is 0 Å². The number of carbonyl (C=O) groups excluding carboxylic acids is 2. The molecule has 5 heteroatoms. The molecule has 21 heavy (non-hydrogen) atoms. The Balaban J connectivity index is 2.61. The Morgan fingerprint density at radius 3 is 2.48 bits per heavy atom. The molecule has 0 bridgehead atoms. The zero-order valence-electron chi connectivity index (χ0n) is 13.4. The Morgan fingerprint density at radius 2 is 2.00 bits per heavy atom. The second kappa shape index (κ2) is 7.11. The molecular weight excluding hydrogens is 268 g/mol. The molecule has 0 unspecified atom stereocenters. The number of aryl methyl sites for hydroxylation is 1. The standard InChI is InChI=1S/C16H24N2O3/c1-6-18(11-14(19)17-16(3,4)5)15(20)10-9-13-8-7-12(2)21-13/h7-10H,6,11H2,1-5H3,(H,17,19). The number of hydrogen-bond donors (Lipinski definition) is 1. The predicted molar refractivity (Wildman–Crippen MR) is 82.6 cm³/mol. The highest BCUT2D eigenvalue weighted by molar-refractivity contribution is 5.94. The average molecular weight is 292 g/mol. The van der Waals surface area contributed by atoms with Crippen LogP contribution >= 0.6 is 0 Å². The molecule has 5 nitrogen and oxygen atoms in total. The number of hydrogen-bond acceptors (Lipinski definition) is 3. The minimum absolute atomic E-state index is 0.0497. The van der Waals surface area contributed by atoms with Gasteiger partial charge in [-0.25, -0.2) is 0 Å². The van der Waals surface area contributed by atoms with E-state index in [1.807, 2.05) is 40.7 Å². The van der Waals surface area contributed by atoms with Crippen LogP contribution in [0.25, 0.3) is 6.08 Å². The summed E-state index contributed by atoms with van der Waals surface area (Å²) >= 11 is 0. The quantitative estimate of drug-likeness (QED) is 0.847. The maximum Gasteiger partial charge on any atom is 0.247 e. The zero-order chi connectivity index (χ0) is 16.0. The van der Waals surface area contributed by atoms with Gasteiger partial charge in [-0.1, -0.05) is 0 Å². The van der Waals surface area contributed by atoms with Crippen molar-refractivity contribution in [2.45, 2.75) is 40.2 Å². The van der Waals surface area contributed by atoms with Crippen molar-refractivity contribution >= 4 is 17.9 Å². The SMILES string of the molecule is CCN(CC(=O)NC(C)(C)C)C(=O)C=Cc1ccc(C)o1. The fourth-order valence-electron chi connectivity index (χ4n) is 1.78. The summed E-state index contributed by atoms with van der Waals surface area (Å²) in [5, 5.41) is 2.84. The normalized spacial score (nSPS) is 11.7. The van der Waals surface area contributed by atoms with E-state index in [-0.39, 0.29) is 23.9 Å². The number of likely N-dealkylation sites (N-methyl/N-ethyl adjacent to an activating group) is 1. The van der Waals surface area contributed by atoms with Gasteiger partial charge in [0.1, 0.15) is 11.5 Å². The largest absolute Gasteiger partial charge is 0.462 e. The highest BCUT2D eigenvalue weighted by atomic mass is 16.3. The molecule has 0 aliphatic carbocycles. The molecule has 2 amide bonds. The van der Waals surface area contributed by atoms with Gasteiger partial charge in [-0.3, -0.25) is 9.59 Å². The smallest absolute Gasteiger partial charge is 0.247 e. The lowest BCUT2D eigenvalue weighted by atomic mass is 10.1. The summed E-state index contributed by atoms with van der Waals surface area (Å²) < 4.78 is 5.36. The van der Waals surface area contributed by atoms with Crippen molar-refractivity contribution in [2.24, 2.45) is 0 Å². The van der Waals surface area contributed by atoms with Crippen LogP contribution < -0.4 is 5.32 Å².